The molecule has 2 saturated heterocycles. The number of hydrogen-bond donors (Lipinski definition) is 1. The van der Waals surface area contributed by atoms with Crippen LogP contribution in [-0.2, 0) is 4.79 Å². The number of rotatable bonds is 8. The van der Waals surface area contributed by atoms with Crippen molar-refractivity contribution in [2.75, 3.05) is 57.3 Å². The molecular weight excluding hydrogens is 557 g/mol. The Balaban J connectivity index is 1.38. The molecule has 9 nitrogen and oxygen atoms in total. The summed E-state index contributed by atoms with van der Waals surface area (Å²) in [5.74, 6) is -0.0960. The molecule has 2 aliphatic rings. The van der Waals surface area contributed by atoms with Gasteiger partial charge < -0.3 is 19.4 Å². The summed E-state index contributed by atoms with van der Waals surface area (Å²) < 4.78 is 22.7. The van der Waals surface area contributed by atoms with Gasteiger partial charge in [-0.2, -0.15) is 15.1 Å². The van der Waals surface area contributed by atoms with Crippen molar-refractivity contribution >= 4 is 45.1 Å². The van der Waals surface area contributed by atoms with Gasteiger partial charge in [0.25, 0.3) is 0 Å². The van der Waals surface area contributed by atoms with Crippen LogP contribution in [0.5, 0.6) is 6.01 Å². The summed E-state index contributed by atoms with van der Waals surface area (Å²) in [6, 6.07) is 5.71. The lowest BCUT2D eigenvalue weighted by Crippen LogP contribution is -2.48. The van der Waals surface area contributed by atoms with Gasteiger partial charge in [-0.05, 0) is 63.0 Å². The summed E-state index contributed by atoms with van der Waals surface area (Å²) in [5, 5.41) is 8.66. The van der Waals surface area contributed by atoms with Gasteiger partial charge in [-0.1, -0.05) is 30.7 Å². The van der Waals surface area contributed by atoms with Gasteiger partial charge in [0.05, 0.1) is 23.3 Å². The standard InChI is InChI=1S/C31H35ClFN7O2/c1-3-25(41)39-13-15-40(16-14-39)30-21-18-23(32)27(26-20(2)8-9-24-22(26)19-34-37-24)28(33)29(21)35-31(36-30)42-17-7-12-38-10-5-4-6-11-38/h3,8-9,18-19H,1,4-7,10-17H2,2H3,(H,34,37). The fraction of sp³-hybridized carbons (Fsp3) is 0.419. The van der Waals surface area contributed by atoms with E-state index in [1.807, 2.05) is 24.0 Å². The first-order valence-electron chi connectivity index (χ1n) is 14.6. The third-order valence-electron chi connectivity index (χ3n) is 8.29. The number of nitrogens with one attached hydrogen (secondary N) is 1. The van der Waals surface area contributed by atoms with Crippen molar-refractivity contribution in [3.8, 4) is 17.1 Å². The van der Waals surface area contributed by atoms with E-state index in [1.165, 1.54) is 25.3 Å². The number of aromatic nitrogens is 4. The number of ether oxygens (including phenoxy) is 1. The molecule has 11 heteroatoms. The Hall–Kier alpha value is -3.76. The molecule has 42 heavy (non-hydrogen) atoms. The monoisotopic (exact) mass is 591 g/mol. The van der Waals surface area contributed by atoms with Crippen LogP contribution in [0.15, 0.2) is 37.1 Å². The SMILES string of the molecule is C=CC(=O)N1CCN(c2nc(OCCCN3CCCCC3)nc3c(F)c(-c4c(C)ccc5[nH]ncc45)c(Cl)cc23)CC1. The highest BCUT2D eigenvalue weighted by atomic mass is 35.5. The van der Waals surface area contributed by atoms with E-state index in [-0.39, 0.29) is 28.0 Å². The number of fused-ring (bicyclic) bond motifs is 2. The van der Waals surface area contributed by atoms with Crippen LogP contribution in [0.2, 0.25) is 5.02 Å². The molecule has 0 unspecified atom stereocenters. The zero-order chi connectivity index (χ0) is 29.2. The summed E-state index contributed by atoms with van der Waals surface area (Å²) in [6.07, 6.45) is 7.60. The van der Waals surface area contributed by atoms with Gasteiger partial charge >= 0.3 is 6.01 Å². The van der Waals surface area contributed by atoms with Gasteiger partial charge in [0.15, 0.2) is 5.82 Å². The Morgan fingerprint density at radius 2 is 1.88 bits per heavy atom. The molecule has 2 fully saturated rings. The molecule has 4 aromatic rings. The van der Waals surface area contributed by atoms with Crippen LogP contribution in [0.3, 0.4) is 0 Å². The molecule has 2 aromatic carbocycles. The molecule has 1 N–H and O–H groups in total. The largest absolute Gasteiger partial charge is 0.463 e. The minimum absolute atomic E-state index is 0.109. The van der Waals surface area contributed by atoms with E-state index < -0.39 is 5.82 Å². The molecule has 4 heterocycles. The van der Waals surface area contributed by atoms with E-state index in [4.69, 9.17) is 21.3 Å². The fourth-order valence-corrected chi connectivity index (χ4v) is 6.34. The van der Waals surface area contributed by atoms with Crippen LogP contribution < -0.4 is 9.64 Å². The van der Waals surface area contributed by atoms with Crippen molar-refractivity contribution in [2.45, 2.75) is 32.6 Å². The predicted octanol–water partition coefficient (Wildman–Crippen LogP) is 5.36. The number of halogens is 2. The van der Waals surface area contributed by atoms with Crippen molar-refractivity contribution in [2.24, 2.45) is 0 Å². The number of H-pyrrole nitrogens is 1. The molecule has 0 bridgehead atoms. The Morgan fingerprint density at radius 1 is 1.10 bits per heavy atom. The maximum atomic E-state index is 16.7. The Labute approximate surface area is 249 Å². The van der Waals surface area contributed by atoms with Crippen LogP contribution in [0, 0.1) is 12.7 Å². The lowest BCUT2D eigenvalue weighted by atomic mass is 9.95. The zero-order valence-electron chi connectivity index (χ0n) is 23.8. The van der Waals surface area contributed by atoms with Crippen LogP contribution in [-0.4, -0.2) is 88.3 Å². The Kier molecular flexibility index (Phi) is 8.26. The zero-order valence-corrected chi connectivity index (χ0v) is 24.6. The number of amides is 1. The number of hydrogen-bond acceptors (Lipinski definition) is 7. The quantitative estimate of drug-likeness (QED) is 0.218. The second kappa shape index (κ2) is 12.2. The molecule has 0 spiro atoms. The van der Waals surface area contributed by atoms with E-state index in [2.05, 4.69) is 26.7 Å². The van der Waals surface area contributed by atoms with E-state index in [0.717, 1.165) is 42.5 Å². The molecule has 0 aliphatic carbocycles. The molecule has 1 amide bonds. The number of aryl methyl sites for hydroxylation is 1. The first-order valence-corrected chi connectivity index (χ1v) is 15.0. The van der Waals surface area contributed by atoms with Gasteiger partial charge in [0.2, 0.25) is 5.91 Å². The van der Waals surface area contributed by atoms with Crippen molar-refractivity contribution in [3.63, 3.8) is 0 Å². The van der Waals surface area contributed by atoms with Crippen molar-refractivity contribution in [3.05, 3.63) is 53.5 Å². The Bertz CT molecular complexity index is 1630. The summed E-state index contributed by atoms with van der Waals surface area (Å²) >= 11 is 6.85. The van der Waals surface area contributed by atoms with E-state index in [1.54, 1.807) is 17.2 Å². The molecule has 2 aromatic heterocycles. The average Bonchev–Trinajstić information content (AvgIpc) is 3.49. The van der Waals surface area contributed by atoms with Crippen LogP contribution in [0.25, 0.3) is 32.9 Å². The van der Waals surface area contributed by atoms with E-state index in [0.29, 0.717) is 49.6 Å². The second-order valence-corrected chi connectivity index (χ2v) is 11.4. The number of benzene rings is 2. The smallest absolute Gasteiger partial charge is 0.319 e. The fourth-order valence-electron chi connectivity index (χ4n) is 6.06. The first kappa shape index (κ1) is 28.4. The van der Waals surface area contributed by atoms with Crippen LogP contribution in [0.4, 0.5) is 10.2 Å². The highest BCUT2D eigenvalue weighted by Gasteiger charge is 2.27. The Morgan fingerprint density at radius 3 is 2.64 bits per heavy atom. The molecule has 2 aliphatic heterocycles. The first-order chi connectivity index (χ1) is 20.4. The lowest BCUT2D eigenvalue weighted by molar-refractivity contribution is -0.126. The topological polar surface area (TPSA) is 90.5 Å². The minimum atomic E-state index is -0.531. The van der Waals surface area contributed by atoms with Gasteiger partial charge in [-0.25, -0.2) is 4.39 Å². The molecular formula is C31H35ClFN7O2. The van der Waals surface area contributed by atoms with Crippen molar-refractivity contribution < 1.29 is 13.9 Å². The highest BCUT2D eigenvalue weighted by Crippen LogP contribution is 2.42. The highest BCUT2D eigenvalue weighted by molar-refractivity contribution is 6.35. The normalized spacial score (nSPS) is 16.4. The van der Waals surface area contributed by atoms with Crippen LogP contribution in [0.1, 0.15) is 31.2 Å². The van der Waals surface area contributed by atoms with Gasteiger partial charge in [0.1, 0.15) is 11.3 Å². The number of carbonyl (C=O) groups excluding carboxylic acids is 1. The average molecular weight is 592 g/mol. The summed E-state index contributed by atoms with van der Waals surface area (Å²) in [6.45, 7) is 11.2. The van der Waals surface area contributed by atoms with Crippen molar-refractivity contribution in [1.29, 1.82) is 0 Å². The summed E-state index contributed by atoms with van der Waals surface area (Å²) in [5.41, 5.74) is 2.76. The molecule has 0 atom stereocenters. The lowest BCUT2D eigenvalue weighted by Gasteiger charge is -2.35. The van der Waals surface area contributed by atoms with Crippen LogP contribution >= 0.6 is 11.6 Å². The molecule has 6 rings (SSSR count). The molecule has 0 saturated carbocycles. The minimum Gasteiger partial charge on any atom is -0.463 e. The second-order valence-electron chi connectivity index (χ2n) is 11.0. The van der Waals surface area contributed by atoms with E-state index >= 15 is 4.39 Å². The number of piperazine rings is 1. The van der Waals surface area contributed by atoms with E-state index in [9.17, 15) is 4.79 Å². The number of nitrogens with zero attached hydrogens (tertiary/aromatic N) is 6. The van der Waals surface area contributed by atoms with Gasteiger partial charge in [-0.15, -0.1) is 0 Å². The number of aromatic amines is 1. The number of piperidine rings is 1. The molecule has 0 radical (unpaired) electrons. The maximum Gasteiger partial charge on any atom is 0.319 e. The third kappa shape index (κ3) is 5.53. The molecule has 220 valence electrons. The number of anilines is 1. The maximum absolute atomic E-state index is 16.7. The van der Waals surface area contributed by atoms with Gasteiger partial charge in [0, 0.05) is 54.6 Å². The third-order valence-corrected chi connectivity index (χ3v) is 8.59. The van der Waals surface area contributed by atoms with Gasteiger partial charge in [-0.3, -0.25) is 9.89 Å². The number of likely N-dealkylation sites (tertiary alicyclic amines) is 1. The number of carbonyl (C=O) groups is 1. The summed E-state index contributed by atoms with van der Waals surface area (Å²) in [4.78, 5) is 27.7. The summed E-state index contributed by atoms with van der Waals surface area (Å²) in [7, 11) is 0. The van der Waals surface area contributed by atoms with Crippen molar-refractivity contribution in [1.82, 2.24) is 30.0 Å². The predicted molar refractivity (Wildman–Crippen MR) is 164 cm³/mol.